The molecule has 1 aromatic carbocycles. The molecular formula is C27H33FN4O3. The molecule has 2 aromatic rings. The van der Waals surface area contributed by atoms with Crippen molar-refractivity contribution in [2.24, 2.45) is 5.92 Å². The summed E-state index contributed by atoms with van der Waals surface area (Å²) in [6, 6.07) is 6.30. The first-order valence-electron chi connectivity index (χ1n) is 12.7. The van der Waals surface area contributed by atoms with Crippen LogP contribution < -0.4 is 5.32 Å². The van der Waals surface area contributed by atoms with Gasteiger partial charge in [-0.05, 0) is 62.6 Å². The van der Waals surface area contributed by atoms with Crippen LogP contribution in [-0.4, -0.2) is 45.9 Å². The number of halogens is 1. The molecule has 0 bridgehead atoms. The molecule has 1 atom stereocenters. The molecule has 1 aliphatic carbocycles. The molecule has 3 heterocycles. The van der Waals surface area contributed by atoms with Crippen molar-refractivity contribution in [3.63, 3.8) is 0 Å². The SMILES string of the molecule is O=C(NCCC1=CCCCC1)C1CCN(C(=O)c2ncn3c2CO[C@@H](c2ccc(F)cc2)C3)CC1. The highest BCUT2D eigenvalue weighted by Crippen LogP contribution is 2.29. The summed E-state index contributed by atoms with van der Waals surface area (Å²) in [5.74, 6) is -0.326. The number of carbonyl (C=O) groups is 2. The summed E-state index contributed by atoms with van der Waals surface area (Å²) in [6.07, 6.45) is 10.9. The summed E-state index contributed by atoms with van der Waals surface area (Å²) in [5, 5.41) is 3.10. The van der Waals surface area contributed by atoms with Crippen LogP contribution in [0.3, 0.4) is 0 Å². The van der Waals surface area contributed by atoms with Crippen LogP contribution in [0.4, 0.5) is 4.39 Å². The van der Waals surface area contributed by atoms with E-state index in [1.165, 1.54) is 30.5 Å². The van der Waals surface area contributed by atoms with Gasteiger partial charge >= 0.3 is 0 Å². The van der Waals surface area contributed by atoms with Crippen LogP contribution in [0.1, 0.15) is 72.8 Å². The van der Waals surface area contributed by atoms with Crippen LogP contribution in [0, 0.1) is 11.7 Å². The Kier molecular flexibility index (Phi) is 7.27. The van der Waals surface area contributed by atoms with Crippen molar-refractivity contribution in [2.45, 2.75) is 64.2 Å². The van der Waals surface area contributed by atoms with Gasteiger partial charge in [0, 0.05) is 25.6 Å². The second-order valence-electron chi connectivity index (χ2n) is 9.76. The number of hydrogen-bond donors (Lipinski definition) is 1. The Balaban J connectivity index is 1.12. The normalized spacial score (nSPS) is 20.8. The van der Waals surface area contributed by atoms with E-state index in [4.69, 9.17) is 4.74 Å². The molecule has 5 rings (SSSR count). The van der Waals surface area contributed by atoms with E-state index in [2.05, 4.69) is 16.4 Å². The summed E-state index contributed by atoms with van der Waals surface area (Å²) in [6.45, 7) is 2.60. The lowest BCUT2D eigenvalue weighted by atomic mass is 9.95. The minimum absolute atomic E-state index is 0.0462. The fourth-order valence-corrected chi connectivity index (χ4v) is 5.30. The van der Waals surface area contributed by atoms with Crippen molar-refractivity contribution in [3.05, 3.63) is 65.0 Å². The molecule has 0 spiro atoms. The number of benzene rings is 1. The fraction of sp³-hybridized carbons (Fsp3) is 0.519. The first-order valence-corrected chi connectivity index (χ1v) is 12.7. The number of rotatable bonds is 6. The maximum atomic E-state index is 13.2. The number of amides is 2. The second-order valence-corrected chi connectivity index (χ2v) is 9.76. The van der Waals surface area contributed by atoms with Crippen molar-refractivity contribution < 1.29 is 18.7 Å². The summed E-state index contributed by atoms with van der Waals surface area (Å²) >= 11 is 0. The fourth-order valence-electron chi connectivity index (χ4n) is 5.30. The molecule has 186 valence electrons. The highest BCUT2D eigenvalue weighted by atomic mass is 19.1. The standard InChI is InChI=1S/C27H33FN4O3/c28-22-8-6-20(7-9-22)24-16-32-18-30-25(23(32)17-35-24)27(34)31-14-11-21(12-15-31)26(33)29-13-10-19-4-2-1-3-5-19/h4,6-9,18,21,24H,1-3,5,10-17H2,(H,29,33)/t24-/m1/s1. The van der Waals surface area contributed by atoms with Crippen LogP contribution in [0.15, 0.2) is 42.2 Å². The van der Waals surface area contributed by atoms with E-state index >= 15 is 0 Å². The lowest BCUT2D eigenvalue weighted by molar-refractivity contribution is -0.126. The highest BCUT2D eigenvalue weighted by molar-refractivity contribution is 5.93. The van der Waals surface area contributed by atoms with Crippen molar-refractivity contribution in [2.75, 3.05) is 19.6 Å². The number of nitrogens with one attached hydrogen (secondary N) is 1. The zero-order valence-corrected chi connectivity index (χ0v) is 20.0. The van der Waals surface area contributed by atoms with Crippen LogP contribution >= 0.6 is 0 Å². The van der Waals surface area contributed by atoms with Crippen molar-refractivity contribution in [1.82, 2.24) is 19.8 Å². The van der Waals surface area contributed by atoms with E-state index in [-0.39, 0.29) is 36.3 Å². The molecule has 1 fully saturated rings. The van der Waals surface area contributed by atoms with Gasteiger partial charge in [-0.15, -0.1) is 0 Å². The van der Waals surface area contributed by atoms with Gasteiger partial charge in [0.2, 0.25) is 5.91 Å². The minimum atomic E-state index is -0.279. The summed E-state index contributed by atoms with van der Waals surface area (Å²) in [5.41, 5.74) is 3.55. The number of nitrogens with zero attached hydrogens (tertiary/aromatic N) is 3. The number of ether oxygens (including phenoxy) is 1. The van der Waals surface area contributed by atoms with Crippen molar-refractivity contribution >= 4 is 11.8 Å². The Morgan fingerprint density at radius 1 is 1.14 bits per heavy atom. The number of hydrogen-bond acceptors (Lipinski definition) is 4. The average molecular weight is 481 g/mol. The molecule has 8 heteroatoms. The molecule has 2 aliphatic heterocycles. The Morgan fingerprint density at radius 2 is 1.94 bits per heavy atom. The number of allylic oxidation sites excluding steroid dienone is 1. The van der Waals surface area contributed by atoms with Crippen LogP contribution in [0.2, 0.25) is 0 Å². The summed E-state index contributed by atoms with van der Waals surface area (Å²) < 4.78 is 21.2. The van der Waals surface area contributed by atoms with E-state index in [1.54, 1.807) is 23.4 Å². The van der Waals surface area contributed by atoms with Gasteiger partial charge in [-0.25, -0.2) is 9.37 Å². The third-order valence-corrected chi connectivity index (χ3v) is 7.46. The zero-order chi connectivity index (χ0) is 24.2. The smallest absolute Gasteiger partial charge is 0.274 e. The van der Waals surface area contributed by atoms with Crippen LogP contribution in [-0.2, 0) is 22.7 Å². The third-order valence-electron chi connectivity index (χ3n) is 7.46. The molecule has 3 aliphatic rings. The van der Waals surface area contributed by atoms with Crippen molar-refractivity contribution in [3.8, 4) is 0 Å². The molecule has 1 aromatic heterocycles. The summed E-state index contributed by atoms with van der Waals surface area (Å²) in [4.78, 5) is 32.0. The van der Waals surface area contributed by atoms with Gasteiger partial charge < -0.3 is 19.5 Å². The Morgan fingerprint density at radius 3 is 2.69 bits per heavy atom. The molecule has 35 heavy (non-hydrogen) atoms. The molecule has 0 saturated carbocycles. The molecule has 2 amide bonds. The molecule has 1 saturated heterocycles. The van der Waals surface area contributed by atoms with Crippen LogP contribution in [0.25, 0.3) is 0 Å². The number of piperidine rings is 1. The number of fused-ring (bicyclic) bond motifs is 1. The van der Waals surface area contributed by atoms with Gasteiger partial charge in [-0.1, -0.05) is 23.8 Å². The van der Waals surface area contributed by atoms with Gasteiger partial charge in [-0.2, -0.15) is 0 Å². The van der Waals surface area contributed by atoms with Gasteiger partial charge in [0.15, 0.2) is 5.69 Å². The molecule has 7 nitrogen and oxygen atoms in total. The monoisotopic (exact) mass is 480 g/mol. The number of imidazole rings is 1. The zero-order valence-electron chi connectivity index (χ0n) is 20.0. The Labute approximate surface area is 205 Å². The summed E-state index contributed by atoms with van der Waals surface area (Å²) in [7, 11) is 0. The van der Waals surface area contributed by atoms with Crippen LogP contribution in [0.5, 0.6) is 0 Å². The molecule has 0 unspecified atom stereocenters. The lowest BCUT2D eigenvalue weighted by Gasteiger charge is -2.31. The molecule has 1 N–H and O–H groups in total. The number of aromatic nitrogens is 2. The van der Waals surface area contributed by atoms with Crippen molar-refractivity contribution in [1.29, 1.82) is 0 Å². The van der Waals surface area contributed by atoms with E-state index in [0.29, 0.717) is 44.7 Å². The first-order chi connectivity index (χ1) is 17.1. The number of carbonyl (C=O) groups excluding carboxylic acids is 2. The van der Waals surface area contributed by atoms with E-state index in [1.807, 2.05) is 4.57 Å². The Hall–Kier alpha value is -3.00. The van der Waals surface area contributed by atoms with Gasteiger partial charge in [-0.3, -0.25) is 9.59 Å². The van der Waals surface area contributed by atoms with E-state index in [0.717, 1.165) is 30.5 Å². The number of likely N-dealkylation sites (tertiary alicyclic amines) is 1. The molecular weight excluding hydrogens is 447 g/mol. The van der Waals surface area contributed by atoms with Gasteiger partial charge in [0.1, 0.15) is 11.9 Å². The Bertz CT molecular complexity index is 1090. The average Bonchev–Trinajstić information content (AvgIpc) is 3.33. The maximum Gasteiger partial charge on any atom is 0.274 e. The van der Waals surface area contributed by atoms with E-state index < -0.39 is 0 Å². The predicted molar refractivity (Wildman–Crippen MR) is 129 cm³/mol. The lowest BCUT2D eigenvalue weighted by Crippen LogP contribution is -2.43. The second kappa shape index (κ2) is 10.7. The first kappa shape index (κ1) is 23.7. The largest absolute Gasteiger partial charge is 0.365 e. The quantitative estimate of drug-likeness (QED) is 0.630. The third kappa shape index (κ3) is 5.48. The minimum Gasteiger partial charge on any atom is -0.365 e. The van der Waals surface area contributed by atoms with E-state index in [9.17, 15) is 14.0 Å². The van der Waals surface area contributed by atoms with Gasteiger partial charge in [0.05, 0.1) is 25.2 Å². The maximum absolute atomic E-state index is 13.2. The van der Waals surface area contributed by atoms with Gasteiger partial charge in [0.25, 0.3) is 5.91 Å². The molecule has 0 radical (unpaired) electrons. The predicted octanol–water partition coefficient (Wildman–Crippen LogP) is 4.15. The highest BCUT2D eigenvalue weighted by Gasteiger charge is 2.32. The topological polar surface area (TPSA) is 76.5 Å².